The van der Waals surface area contributed by atoms with Crippen molar-refractivity contribution in [3.8, 4) is 0 Å². The van der Waals surface area contributed by atoms with Gasteiger partial charge in [0.1, 0.15) is 0 Å². The lowest BCUT2D eigenvalue weighted by molar-refractivity contribution is 1.15. The van der Waals surface area contributed by atoms with Gasteiger partial charge < -0.3 is 16.8 Å². The van der Waals surface area contributed by atoms with Gasteiger partial charge in [-0.05, 0) is 42.0 Å². The normalized spacial score (nSPS) is 10.2. The Balaban J connectivity index is 2.09. The van der Waals surface area contributed by atoms with E-state index in [9.17, 15) is 0 Å². The van der Waals surface area contributed by atoms with E-state index < -0.39 is 0 Å². The Hall–Kier alpha value is -1.87. The standard InChI is InChI=1S/C13H14ClN3/c14-10-2-1-3-12(7-10)17-8-9-6-11(15)4-5-13(9)16/h1-7,17H,8,15-16H2. The second-order valence-corrected chi connectivity index (χ2v) is 4.26. The number of halogens is 1. The van der Waals surface area contributed by atoms with Crippen molar-refractivity contribution in [2.75, 3.05) is 16.8 Å². The van der Waals surface area contributed by atoms with Gasteiger partial charge in [-0.3, -0.25) is 0 Å². The molecule has 0 saturated carbocycles. The molecule has 5 N–H and O–H groups in total. The van der Waals surface area contributed by atoms with E-state index in [-0.39, 0.29) is 0 Å². The van der Waals surface area contributed by atoms with Gasteiger partial charge in [-0.25, -0.2) is 0 Å². The van der Waals surface area contributed by atoms with Gasteiger partial charge >= 0.3 is 0 Å². The molecule has 3 nitrogen and oxygen atoms in total. The van der Waals surface area contributed by atoms with Crippen LogP contribution in [0.1, 0.15) is 5.56 Å². The first-order valence-electron chi connectivity index (χ1n) is 5.28. The number of benzene rings is 2. The second-order valence-electron chi connectivity index (χ2n) is 3.82. The zero-order valence-corrected chi connectivity index (χ0v) is 10.0. The fourth-order valence-electron chi connectivity index (χ4n) is 1.57. The van der Waals surface area contributed by atoms with Crippen molar-refractivity contribution in [3.05, 3.63) is 53.1 Å². The van der Waals surface area contributed by atoms with Crippen molar-refractivity contribution in [2.24, 2.45) is 0 Å². The zero-order valence-electron chi connectivity index (χ0n) is 9.28. The fraction of sp³-hybridized carbons (Fsp3) is 0.0769. The maximum atomic E-state index is 5.90. The average molecular weight is 248 g/mol. The van der Waals surface area contributed by atoms with E-state index in [1.54, 1.807) is 6.07 Å². The van der Waals surface area contributed by atoms with Crippen LogP contribution in [0.15, 0.2) is 42.5 Å². The first kappa shape index (κ1) is 11.6. The molecule has 17 heavy (non-hydrogen) atoms. The van der Waals surface area contributed by atoms with Crippen molar-refractivity contribution < 1.29 is 0 Å². The van der Waals surface area contributed by atoms with E-state index >= 15 is 0 Å². The maximum Gasteiger partial charge on any atom is 0.0426 e. The summed E-state index contributed by atoms with van der Waals surface area (Å²) >= 11 is 5.90. The monoisotopic (exact) mass is 247 g/mol. The molecule has 88 valence electrons. The summed E-state index contributed by atoms with van der Waals surface area (Å²) < 4.78 is 0. The molecule has 0 fully saturated rings. The van der Waals surface area contributed by atoms with Gasteiger partial charge in [0, 0.05) is 28.6 Å². The number of nitrogen functional groups attached to an aromatic ring is 2. The third-order valence-electron chi connectivity index (χ3n) is 2.47. The topological polar surface area (TPSA) is 64.1 Å². The van der Waals surface area contributed by atoms with Crippen molar-refractivity contribution in [3.63, 3.8) is 0 Å². The van der Waals surface area contributed by atoms with Crippen LogP contribution < -0.4 is 16.8 Å². The summed E-state index contributed by atoms with van der Waals surface area (Å²) in [5.74, 6) is 0. The van der Waals surface area contributed by atoms with Crippen LogP contribution in [-0.4, -0.2) is 0 Å². The summed E-state index contributed by atoms with van der Waals surface area (Å²) in [4.78, 5) is 0. The molecule has 2 aromatic rings. The van der Waals surface area contributed by atoms with Crippen molar-refractivity contribution in [1.29, 1.82) is 0 Å². The molecule has 4 heteroatoms. The van der Waals surface area contributed by atoms with Gasteiger partial charge in [0.05, 0.1) is 0 Å². The predicted octanol–water partition coefficient (Wildman–Crippen LogP) is 3.12. The van der Waals surface area contributed by atoms with Gasteiger partial charge in [-0.2, -0.15) is 0 Å². The van der Waals surface area contributed by atoms with Gasteiger partial charge in [-0.15, -0.1) is 0 Å². The summed E-state index contributed by atoms with van der Waals surface area (Å²) in [5.41, 5.74) is 15.0. The van der Waals surface area contributed by atoms with Gasteiger partial charge in [0.2, 0.25) is 0 Å². The van der Waals surface area contributed by atoms with E-state index in [0.717, 1.165) is 16.9 Å². The van der Waals surface area contributed by atoms with Crippen molar-refractivity contribution in [2.45, 2.75) is 6.54 Å². The minimum absolute atomic E-state index is 0.622. The minimum Gasteiger partial charge on any atom is -0.399 e. The Bertz CT molecular complexity index is 526. The molecule has 0 aliphatic rings. The molecular formula is C13H14ClN3. The molecule has 0 atom stereocenters. The lowest BCUT2D eigenvalue weighted by Gasteiger charge is -2.09. The number of anilines is 3. The quantitative estimate of drug-likeness (QED) is 0.731. The summed E-state index contributed by atoms with van der Waals surface area (Å²) in [6.45, 7) is 0.622. The lowest BCUT2D eigenvalue weighted by atomic mass is 10.1. The van der Waals surface area contributed by atoms with Crippen LogP contribution in [0.5, 0.6) is 0 Å². The summed E-state index contributed by atoms with van der Waals surface area (Å²) in [6.07, 6.45) is 0. The first-order valence-corrected chi connectivity index (χ1v) is 5.66. The molecule has 0 unspecified atom stereocenters. The minimum atomic E-state index is 0.622. The highest BCUT2D eigenvalue weighted by Crippen LogP contribution is 2.19. The Kier molecular flexibility index (Phi) is 3.40. The van der Waals surface area contributed by atoms with E-state index in [1.807, 2.05) is 36.4 Å². The molecule has 2 rings (SSSR count). The zero-order chi connectivity index (χ0) is 12.3. The summed E-state index contributed by atoms with van der Waals surface area (Å²) in [5, 5.41) is 3.95. The highest BCUT2D eigenvalue weighted by atomic mass is 35.5. The molecule has 0 heterocycles. The largest absolute Gasteiger partial charge is 0.399 e. The SMILES string of the molecule is Nc1ccc(N)c(CNc2cccc(Cl)c2)c1. The van der Waals surface area contributed by atoms with Crippen LogP contribution in [0.25, 0.3) is 0 Å². The Labute approximate surface area is 105 Å². The van der Waals surface area contributed by atoms with E-state index in [4.69, 9.17) is 23.1 Å². The number of hydrogen-bond acceptors (Lipinski definition) is 3. The average Bonchev–Trinajstić information content (AvgIpc) is 2.30. The molecule has 0 radical (unpaired) electrons. The molecule has 0 amide bonds. The summed E-state index contributed by atoms with van der Waals surface area (Å²) in [7, 11) is 0. The van der Waals surface area contributed by atoms with Crippen LogP contribution in [0, 0.1) is 0 Å². The molecule has 0 aliphatic carbocycles. The predicted molar refractivity (Wildman–Crippen MR) is 74.0 cm³/mol. The summed E-state index contributed by atoms with van der Waals surface area (Å²) in [6, 6.07) is 13.0. The third-order valence-corrected chi connectivity index (χ3v) is 2.71. The Morgan fingerprint density at radius 3 is 2.65 bits per heavy atom. The van der Waals surface area contributed by atoms with E-state index in [0.29, 0.717) is 17.3 Å². The molecule has 0 aliphatic heterocycles. The Morgan fingerprint density at radius 2 is 1.88 bits per heavy atom. The van der Waals surface area contributed by atoms with Crippen molar-refractivity contribution in [1.82, 2.24) is 0 Å². The third kappa shape index (κ3) is 3.04. The van der Waals surface area contributed by atoms with Gasteiger partial charge in [0.25, 0.3) is 0 Å². The smallest absolute Gasteiger partial charge is 0.0426 e. The lowest BCUT2D eigenvalue weighted by Crippen LogP contribution is -2.03. The molecular weight excluding hydrogens is 234 g/mol. The second kappa shape index (κ2) is 4.97. The van der Waals surface area contributed by atoms with Gasteiger partial charge in [0.15, 0.2) is 0 Å². The highest BCUT2D eigenvalue weighted by molar-refractivity contribution is 6.30. The van der Waals surface area contributed by atoms with Crippen molar-refractivity contribution >= 4 is 28.7 Å². The molecule has 0 aromatic heterocycles. The van der Waals surface area contributed by atoms with Gasteiger partial charge in [-0.1, -0.05) is 17.7 Å². The number of nitrogens with one attached hydrogen (secondary N) is 1. The van der Waals surface area contributed by atoms with Crippen LogP contribution in [0.2, 0.25) is 5.02 Å². The maximum absolute atomic E-state index is 5.90. The van der Waals surface area contributed by atoms with E-state index in [1.165, 1.54) is 0 Å². The molecule has 0 bridgehead atoms. The molecule has 0 saturated heterocycles. The van der Waals surface area contributed by atoms with Crippen LogP contribution in [0.3, 0.4) is 0 Å². The van der Waals surface area contributed by atoms with E-state index in [2.05, 4.69) is 5.32 Å². The molecule has 0 spiro atoms. The molecule has 2 aromatic carbocycles. The van der Waals surface area contributed by atoms with Crippen LogP contribution in [-0.2, 0) is 6.54 Å². The fourth-order valence-corrected chi connectivity index (χ4v) is 1.76. The highest BCUT2D eigenvalue weighted by Gasteiger charge is 2.00. The number of nitrogens with two attached hydrogens (primary N) is 2. The number of rotatable bonds is 3. The first-order chi connectivity index (χ1) is 8.15. The number of hydrogen-bond donors (Lipinski definition) is 3. The van der Waals surface area contributed by atoms with Crippen LogP contribution >= 0.6 is 11.6 Å². The Morgan fingerprint density at radius 1 is 1.06 bits per heavy atom. The van der Waals surface area contributed by atoms with Crippen LogP contribution in [0.4, 0.5) is 17.1 Å².